The Morgan fingerprint density at radius 2 is 1.78 bits per heavy atom. The number of rotatable bonds is 2. The van der Waals surface area contributed by atoms with E-state index in [1.54, 1.807) is 30.6 Å². The van der Waals surface area contributed by atoms with Gasteiger partial charge in [0.2, 0.25) is 0 Å². The number of hydrogen-bond acceptors (Lipinski definition) is 5. The van der Waals surface area contributed by atoms with Gasteiger partial charge in [0, 0.05) is 18.0 Å². The second-order valence-corrected chi connectivity index (χ2v) is 6.23. The molecular formula is C17H12N4OS. The van der Waals surface area contributed by atoms with Gasteiger partial charge in [0.25, 0.3) is 5.91 Å². The minimum absolute atomic E-state index is 0.201. The molecular weight excluding hydrogens is 308 g/mol. The molecule has 23 heavy (non-hydrogen) atoms. The first-order valence-electron chi connectivity index (χ1n) is 7.08. The molecule has 0 spiro atoms. The molecule has 0 aliphatic carbocycles. The molecule has 0 aliphatic heterocycles. The number of thiazole rings is 1. The van der Waals surface area contributed by atoms with Crippen LogP contribution in [0.5, 0.6) is 0 Å². The predicted octanol–water partition coefficient (Wildman–Crippen LogP) is 3.80. The fraction of sp³-hybridized carbons (Fsp3) is 0.0588. The Morgan fingerprint density at radius 3 is 2.65 bits per heavy atom. The second-order valence-electron chi connectivity index (χ2n) is 5.20. The summed E-state index contributed by atoms with van der Waals surface area (Å²) in [6.45, 7) is 2.04. The number of aryl methyl sites for hydroxylation is 1. The Labute approximate surface area is 136 Å². The highest BCUT2D eigenvalue weighted by Crippen LogP contribution is 2.27. The quantitative estimate of drug-likeness (QED) is 0.610. The molecule has 2 aromatic heterocycles. The van der Waals surface area contributed by atoms with Crippen LogP contribution >= 0.6 is 11.3 Å². The van der Waals surface area contributed by atoms with E-state index in [1.165, 1.54) is 16.9 Å². The highest BCUT2D eigenvalue weighted by atomic mass is 32.1. The van der Waals surface area contributed by atoms with Crippen molar-refractivity contribution in [1.82, 2.24) is 15.0 Å². The first kappa shape index (κ1) is 13.8. The van der Waals surface area contributed by atoms with E-state index in [0.29, 0.717) is 16.2 Å². The van der Waals surface area contributed by atoms with Crippen molar-refractivity contribution in [3.05, 3.63) is 59.9 Å². The first-order valence-corrected chi connectivity index (χ1v) is 7.90. The first-order chi connectivity index (χ1) is 11.2. The zero-order valence-corrected chi connectivity index (χ0v) is 13.1. The molecule has 1 N–H and O–H groups in total. The summed E-state index contributed by atoms with van der Waals surface area (Å²) in [6.07, 6.45) is 3.24. The van der Waals surface area contributed by atoms with Crippen LogP contribution in [0, 0.1) is 6.92 Å². The molecule has 4 aromatic rings. The Hall–Kier alpha value is -2.86. The number of fused-ring (bicyclic) bond motifs is 2. The minimum atomic E-state index is -0.201. The normalized spacial score (nSPS) is 11.0. The number of nitrogens with one attached hydrogen (secondary N) is 1. The van der Waals surface area contributed by atoms with Gasteiger partial charge in [0.05, 0.1) is 21.3 Å². The molecule has 0 unspecified atom stereocenters. The van der Waals surface area contributed by atoms with Crippen molar-refractivity contribution in [2.75, 3.05) is 5.32 Å². The Balaban J connectivity index is 1.64. The summed E-state index contributed by atoms with van der Waals surface area (Å²) in [7, 11) is 0. The third kappa shape index (κ3) is 2.64. The van der Waals surface area contributed by atoms with Gasteiger partial charge in [-0.2, -0.15) is 0 Å². The van der Waals surface area contributed by atoms with Gasteiger partial charge in [-0.25, -0.2) is 4.98 Å². The van der Waals surface area contributed by atoms with Crippen LogP contribution in [0.3, 0.4) is 0 Å². The molecule has 0 fully saturated rings. The van der Waals surface area contributed by atoms with Gasteiger partial charge in [-0.3, -0.25) is 20.1 Å². The zero-order chi connectivity index (χ0) is 15.8. The monoisotopic (exact) mass is 320 g/mol. The van der Waals surface area contributed by atoms with Crippen LogP contribution in [0.1, 0.15) is 15.9 Å². The van der Waals surface area contributed by atoms with Gasteiger partial charge in [-0.05, 0) is 42.8 Å². The second kappa shape index (κ2) is 5.40. The van der Waals surface area contributed by atoms with Crippen molar-refractivity contribution in [1.29, 1.82) is 0 Å². The summed E-state index contributed by atoms with van der Waals surface area (Å²) in [5.41, 5.74) is 4.06. The molecule has 0 radical (unpaired) electrons. The summed E-state index contributed by atoms with van der Waals surface area (Å²) < 4.78 is 1.06. The average molecular weight is 320 g/mol. The largest absolute Gasteiger partial charge is 0.298 e. The van der Waals surface area contributed by atoms with Crippen molar-refractivity contribution >= 4 is 43.6 Å². The van der Waals surface area contributed by atoms with Gasteiger partial charge in [-0.1, -0.05) is 17.4 Å². The molecule has 1 amide bonds. The third-order valence-corrected chi connectivity index (χ3v) is 4.43. The number of nitrogens with zero attached hydrogens (tertiary/aromatic N) is 3. The standard InChI is InChI=1S/C17H12N4OS/c1-10-2-4-13-15(8-10)23-17(20-13)21-16(22)11-3-5-12-14(9-11)19-7-6-18-12/h2-9H,1H3,(H,20,21,22). The number of amides is 1. The summed E-state index contributed by atoms with van der Waals surface area (Å²) >= 11 is 1.47. The fourth-order valence-corrected chi connectivity index (χ4v) is 3.32. The van der Waals surface area contributed by atoms with Crippen molar-refractivity contribution in [2.24, 2.45) is 0 Å². The topological polar surface area (TPSA) is 67.8 Å². The molecule has 0 bridgehead atoms. The van der Waals surface area contributed by atoms with Crippen molar-refractivity contribution in [3.63, 3.8) is 0 Å². The molecule has 0 atom stereocenters. The average Bonchev–Trinajstić information content (AvgIpc) is 2.95. The Morgan fingerprint density at radius 1 is 1.00 bits per heavy atom. The number of hydrogen-bond donors (Lipinski definition) is 1. The van der Waals surface area contributed by atoms with Gasteiger partial charge >= 0.3 is 0 Å². The lowest BCUT2D eigenvalue weighted by Gasteiger charge is -2.02. The number of aromatic nitrogens is 3. The van der Waals surface area contributed by atoms with E-state index >= 15 is 0 Å². The molecule has 0 saturated heterocycles. The van der Waals surface area contributed by atoms with Gasteiger partial charge in [-0.15, -0.1) is 0 Å². The van der Waals surface area contributed by atoms with E-state index in [4.69, 9.17) is 0 Å². The summed E-state index contributed by atoms with van der Waals surface area (Å²) in [6, 6.07) is 11.3. The number of carbonyl (C=O) groups excluding carboxylic acids is 1. The molecule has 0 aliphatic rings. The van der Waals surface area contributed by atoms with Gasteiger partial charge < -0.3 is 0 Å². The fourth-order valence-electron chi connectivity index (χ4n) is 2.36. The van der Waals surface area contributed by atoms with Crippen LogP contribution in [-0.4, -0.2) is 20.9 Å². The van der Waals surface area contributed by atoms with E-state index in [2.05, 4.69) is 26.3 Å². The predicted molar refractivity (Wildman–Crippen MR) is 91.8 cm³/mol. The molecule has 4 rings (SSSR count). The summed E-state index contributed by atoms with van der Waals surface area (Å²) in [5, 5.41) is 3.44. The number of carbonyl (C=O) groups is 1. The van der Waals surface area contributed by atoms with E-state index < -0.39 is 0 Å². The number of benzene rings is 2. The maximum absolute atomic E-state index is 12.4. The minimum Gasteiger partial charge on any atom is -0.298 e. The summed E-state index contributed by atoms with van der Waals surface area (Å²) in [5.74, 6) is -0.201. The molecule has 2 aromatic carbocycles. The number of anilines is 1. The molecule has 112 valence electrons. The zero-order valence-electron chi connectivity index (χ0n) is 12.3. The van der Waals surface area contributed by atoms with Crippen LogP contribution in [0.25, 0.3) is 21.3 Å². The van der Waals surface area contributed by atoms with E-state index in [-0.39, 0.29) is 5.91 Å². The maximum Gasteiger partial charge on any atom is 0.257 e. The maximum atomic E-state index is 12.4. The lowest BCUT2D eigenvalue weighted by atomic mass is 10.2. The van der Waals surface area contributed by atoms with Crippen LogP contribution in [0.15, 0.2) is 48.8 Å². The van der Waals surface area contributed by atoms with E-state index in [0.717, 1.165) is 15.7 Å². The van der Waals surface area contributed by atoms with Crippen LogP contribution in [0.2, 0.25) is 0 Å². The molecule has 6 heteroatoms. The van der Waals surface area contributed by atoms with E-state index in [9.17, 15) is 4.79 Å². The van der Waals surface area contributed by atoms with Crippen LogP contribution in [-0.2, 0) is 0 Å². The van der Waals surface area contributed by atoms with Gasteiger partial charge in [0.1, 0.15) is 0 Å². The molecule has 5 nitrogen and oxygen atoms in total. The highest BCUT2D eigenvalue weighted by Gasteiger charge is 2.11. The van der Waals surface area contributed by atoms with Crippen molar-refractivity contribution in [3.8, 4) is 0 Å². The smallest absolute Gasteiger partial charge is 0.257 e. The van der Waals surface area contributed by atoms with E-state index in [1.807, 2.05) is 19.1 Å². The Bertz CT molecular complexity index is 1040. The van der Waals surface area contributed by atoms with Crippen molar-refractivity contribution < 1.29 is 4.79 Å². The Kier molecular flexibility index (Phi) is 3.24. The van der Waals surface area contributed by atoms with Gasteiger partial charge in [0.15, 0.2) is 5.13 Å². The summed E-state index contributed by atoms with van der Waals surface area (Å²) in [4.78, 5) is 25.3. The third-order valence-electron chi connectivity index (χ3n) is 3.50. The lowest BCUT2D eigenvalue weighted by molar-refractivity contribution is 0.102. The highest BCUT2D eigenvalue weighted by molar-refractivity contribution is 7.22. The SMILES string of the molecule is Cc1ccc2nc(NC(=O)c3ccc4nccnc4c3)sc2c1. The molecule has 0 saturated carbocycles. The molecule has 2 heterocycles. The van der Waals surface area contributed by atoms with Crippen LogP contribution < -0.4 is 5.32 Å². The van der Waals surface area contributed by atoms with Crippen LogP contribution in [0.4, 0.5) is 5.13 Å². The lowest BCUT2D eigenvalue weighted by Crippen LogP contribution is -2.11. The van der Waals surface area contributed by atoms with Crippen molar-refractivity contribution in [2.45, 2.75) is 6.92 Å².